The minimum absolute atomic E-state index is 0.164. The van der Waals surface area contributed by atoms with Gasteiger partial charge in [0.2, 0.25) is 0 Å². The lowest BCUT2D eigenvalue weighted by Gasteiger charge is -2.30. The minimum atomic E-state index is -0.690. The summed E-state index contributed by atoms with van der Waals surface area (Å²) in [4.78, 5) is 13.6. The number of aliphatic carboxylic acids is 1. The lowest BCUT2D eigenvalue weighted by atomic mass is 10.00. The molecule has 0 bridgehead atoms. The molecule has 1 heterocycles. The Morgan fingerprint density at radius 2 is 2.05 bits per heavy atom. The van der Waals surface area contributed by atoms with Gasteiger partial charge in [-0.3, -0.25) is 9.69 Å². The Bertz CT molecular complexity index is 455. The van der Waals surface area contributed by atoms with Crippen molar-refractivity contribution in [2.75, 3.05) is 6.54 Å². The summed E-state index contributed by atoms with van der Waals surface area (Å²) in [6.45, 7) is 7.20. The summed E-state index contributed by atoms with van der Waals surface area (Å²) in [5.41, 5.74) is 2.57. The number of hydrogen-bond donors (Lipinski definition) is 1. The number of aryl methyl sites for hydroxylation is 1. The first-order valence-electron chi connectivity index (χ1n) is 7.62. The molecule has 0 aromatic heterocycles. The molecule has 1 aliphatic rings. The van der Waals surface area contributed by atoms with Gasteiger partial charge in [0, 0.05) is 6.04 Å². The van der Waals surface area contributed by atoms with Crippen molar-refractivity contribution in [3.05, 3.63) is 35.4 Å². The second kappa shape index (κ2) is 6.40. The third-order valence-electron chi connectivity index (χ3n) is 4.49. The molecule has 3 heteroatoms. The highest BCUT2D eigenvalue weighted by Gasteiger charge is 2.39. The van der Waals surface area contributed by atoms with Crippen LogP contribution < -0.4 is 0 Å². The van der Waals surface area contributed by atoms with Crippen molar-refractivity contribution >= 4 is 5.97 Å². The van der Waals surface area contributed by atoms with Gasteiger partial charge in [0.05, 0.1) is 0 Å². The SMILES string of the molecule is CCCc1ccc(C(C)N2CCC(C)C2C(=O)O)cc1. The van der Waals surface area contributed by atoms with E-state index in [1.807, 2.05) is 6.92 Å². The van der Waals surface area contributed by atoms with Gasteiger partial charge in [0.15, 0.2) is 0 Å². The van der Waals surface area contributed by atoms with E-state index in [9.17, 15) is 9.90 Å². The van der Waals surface area contributed by atoms with E-state index in [1.54, 1.807) is 0 Å². The quantitative estimate of drug-likeness (QED) is 0.894. The van der Waals surface area contributed by atoms with Crippen molar-refractivity contribution < 1.29 is 9.90 Å². The van der Waals surface area contributed by atoms with Crippen molar-refractivity contribution in [3.8, 4) is 0 Å². The summed E-state index contributed by atoms with van der Waals surface area (Å²) in [5.74, 6) is -0.459. The van der Waals surface area contributed by atoms with E-state index in [0.717, 1.165) is 25.8 Å². The average molecular weight is 275 g/mol. The summed E-state index contributed by atoms with van der Waals surface area (Å²) < 4.78 is 0. The Balaban J connectivity index is 2.13. The summed E-state index contributed by atoms with van der Waals surface area (Å²) in [6, 6.07) is 8.46. The highest BCUT2D eigenvalue weighted by molar-refractivity contribution is 5.74. The lowest BCUT2D eigenvalue weighted by molar-refractivity contribution is -0.144. The van der Waals surface area contributed by atoms with Gasteiger partial charge in [-0.25, -0.2) is 0 Å². The summed E-state index contributed by atoms with van der Waals surface area (Å²) in [6.07, 6.45) is 3.22. The van der Waals surface area contributed by atoms with Gasteiger partial charge in [0.1, 0.15) is 6.04 Å². The number of likely N-dealkylation sites (tertiary alicyclic amines) is 1. The van der Waals surface area contributed by atoms with E-state index in [-0.39, 0.29) is 18.0 Å². The van der Waals surface area contributed by atoms with E-state index in [2.05, 4.69) is 43.0 Å². The molecule has 3 nitrogen and oxygen atoms in total. The molecular formula is C17H25NO2. The molecule has 1 N–H and O–H groups in total. The Morgan fingerprint density at radius 1 is 1.40 bits per heavy atom. The molecule has 20 heavy (non-hydrogen) atoms. The van der Waals surface area contributed by atoms with Crippen LogP contribution in [0.5, 0.6) is 0 Å². The highest BCUT2D eigenvalue weighted by atomic mass is 16.4. The van der Waals surface area contributed by atoms with E-state index >= 15 is 0 Å². The van der Waals surface area contributed by atoms with Crippen LogP contribution in [0.1, 0.15) is 50.8 Å². The number of rotatable bonds is 5. The predicted molar refractivity (Wildman–Crippen MR) is 80.8 cm³/mol. The van der Waals surface area contributed by atoms with Gasteiger partial charge in [-0.15, -0.1) is 0 Å². The first-order chi connectivity index (χ1) is 9.54. The van der Waals surface area contributed by atoms with E-state index in [0.29, 0.717) is 0 Å². The molecule has 1 saturated heterocycles. The van der Waals surface area contributed by atoms with E-state index in [1.165, 1.54) is 11.1 Å². The zero-order chi connectivity index (χ0) is 14.7. The van der Waals surface area contributed by atoms with Crippen molar-refractivity contribution in [1.29, 1.82) is 0 Å². The molecular weight excluding hydrogens is 250 g/mol. The van der Waals surface area contributed by atoms with E-state index in [4.69, 9.17) is 0 Å². The van der Waals surface area contributed by atoms with Crippen LogP contribution in [0.2, 0.25) is 0 Å². The van der Waals surface area contributed by atoms with Crippen LogP contribution in [-0.2, 0) is 11.2 Å². The lowest BCUT2D eigenvalue weighted by Crippen LogP contribution is -2.40. The third-order valence-corrected chi connectivity index (χ3v) is 4.49. The van der Waals surface area contributed by atoms with Gasteiger partial charge in [0.25, 0.3) is 0 Å². The summed E-state index contributed by atoms with van der Waals surface area (Å²) >= 11 is 0. The summed E-state index contributed by atoms with van der Waals surface area (Å²) in [5, 5.41) is 9.42. The zero-order valence-electron chi connectivity index (χ0n) is 12.7. The molecule has 3 unspecified atom stereocenters. The molecule has 1 aromatic carbocycles. The van der Waals surface area contributed by atoms with Crippen LogP contribution in [0.3, 0.4) is 0 Å². The molecule has 3 atom stereocenters. The smallest absolute Gasteiger partial charge is 0.321 e. The second-order valence-corrected chi connectivity index (χ2v) is 5.95. The number of carboxylic acids is 1. The molecule has 0 radical (unpaired) electrons. The van der Waals surface area contributed by atoms with Crippen molar-refractivity contribution in [2.45, 2.75) is 52.1 Å². The zero-order valence-corrected chi connectivity index (χ0v) is 12.7. The Hall–Kier alpha value is -1.35. The first-order valence-corrected chi connectivity index (χ1v) is 7.62. The van der Waals surface area contributed by atoms with Gasteiger partial charge in [-0.05, 0) is 43.4 Å². The van der Waals surface area contributed by atoms with Crippen LogP contribution in [-0.4, -0.2) is 28.6 Å². The van der Waals surface area contributed by atoms with E-state index < -0.39 is 5.97 Å². The van der Waals surface area contributed by atoms with Crippen molar-refractivity contribution in [2.24, 2.45) is 5.92 Å². The number of benzene rings is 1. The van der Waals surface area contributed by atoms with Crippen LogP contribution in [0.4, 0.5) is 0 Å². The molecule has 110 valence electrons. The third kappa shape index (κ3) is 3.04. The van der Waals surface area contributed by atoms with Gasteiger partial charge >= 0.3 is 5.97 Å². The molecule has 0 amide bonds. The Kier molecular flexibility index (Phi) is 4.81. The van der Waals surface area contributed by atoms with Crippen LogP contribution in [0.25, 0.3) is 0 Å². The number of carbonyl (C=O) groups is 1. The topological polar surface area (TPSA) is 40.5 Å². The Labute approximate surface area is 121 Å². The first kappa shape index (κ1) is 15.0. The van der Waals surface area contributed by atoms with Crippen LogP contribution in [0, 0.1) is 5.92 Å². The fourth-order valence-electron chi connectivity index (χ4n) is 3.24. The maximum atomic E-state index is 11.5. The van der Waals surface area contributed by atoms with Crippen molar-refractivity contribution in [1.82, 2.24) is 4.90 Å². The normalized spacial score (nSPS) is 24.8. The Morgan fingerprint density at radius 3 is 2.60 bits per heavy atom. The molecule has 1 fully saturated rings. The largest absolute Gasteiger partial charge is 0.480 e. The van der Waals surface area contributed by atoms with Gasteiger partial charge < -0.3 is 5.11 Å². The number of carboxylic acid groups (broad SMARTS) is 1. The molecule has 1 aliphatic heterocycles. The maximum absolute atomic E-state index is 11.5. The predicted octanol–water partition coefficient (Wildman–Crippen LogP) is 3.50. The monoisotopic (exact) mass is 275 g/mol. The fourth-order valence-corrected chi connectivity index (χ4v) is 3.24. The number of hydrogen-bond acceptors (Lipinski definition) is 2. The number of nitrogens with zero attached hydrogens (tertiary/aromatic N) is 1. The van der Waals surface area contributed by atoms with Gasteiger partial charge in [-0.1, -0.05) is 44.5 Å². The molecule has 0 aliphatic carbocycles. The maximum Gasteiger partial charge on any atom is 0.321 e. The van der Waals surface area contributed by atoms with Crippen LogP contribution >= 0.6 is 0 Å². The highest BCUT2D eigenvalue weighted by Crippen LogP contribution is 2.32. The standard InChI is InChI=1S/C17H25NO2/c1-4-5-14-6-8-15(9-7-14)13(3)18-11-10-12(2)16(18)17(19)20/h6-9,12-13,16H,4-5,10-11H2,1-3H3,(H,19,20). The minimum Gasteiger partial charge on any atom is -0.480 e. The second-order valence-electron chi connectivity index (χ2n) is 5.95. The summed E-state index contributed by atoms with van der Waals surface area (Å²) in [7, 11) is 0. The molecule has 0 saturated carbocycles. The van der Waals surface area contributed by atoms with Crippen molar-refractivity contribution in [3.63, 3.8) is 0 Å². The molecule has 0 spiro atoms. The average Bonchev–Trinajstić information content (AvgIpc) is 2.81. The molecule has 2 rings (SSSR count). The van der Waals surface area contributed by atoms with Crippen LogP contribution in [0.15, 0.2) is 24.3 Å². The molecule has 1 aromatic rings. The van der Waals surface area contributed by atoms with Gasteiger partial charge in [-0.2, -0.15) is 0 Å². The fraction of sp³-hybridized carbons (Fsp3) is 0.588.